The first-order chi connectivity index (χ1) is 17.2. The Morgan fingerprint density at radius 3 is 2.27 bits per heavy atom. The van der Waals surface area contributed by atoms with Crippen LogP contribution in [0.4, 0.5) is 32.0 Å². The third-order valence-electron chi connectivity index (χ3n) is 6.89. The molecule has 0 aliphatic heterocycles. The van der Waals surface area contributed by atoms with E-state index in [0.29, 0.717) is 4.90 Å². The van der Waals surface area contributed by atoms with Crippen LogP contribution in [-0.2, 0) is 15.1 Å². The number of amides is 2. The molecule has 2 saturated carbocycles. The van der Waals surface area contributed by atoms with E-state index in [1.165, 1.54) is 19.3 Å². The van der Waals surface area contributed by atoms with Gasteiger partial charge < -0.3 is 10.1 Å². The van der Waals surface area contributed by atoms with Crippen molar-refractivity contribution in [1.29, 1.82) is 0 Å². The van der Waals surface area contributed by atoms with Crippen molar-refractivity contribution < 1.29 is 40.7 Å². The van der Waals surface area contributed by atoms with Gasteiger partial charge >= 0.3 is 6.36 Å². The maximum absolute atomic E-state index is 14.2. The first-order valence-electron chi connectivity index (χ1n) is 11.1. The van der Waals surface area contributed by atoms with E-state index in [4.69, 9.17) is 11.6 Å². The molecule has 200 valence electrons. The fourth-order valence-electron chi connectivity index (χ4n) is 5.11. The molecule has 14 heteroatoms. The third kappa shape index (κ3) is 5.32. The van der Waals surface area contributed by atoms with E-state index in [9.17, 15) is 35.9 Å². The molecule has 1 heterocycles. The largest absolute Gasteiger partial charge is 0.573 e. The van der Waals surface area contributed by atoms with E-state index in [1.807, 2.05) is 0 Å². The zero-order valence-corrected chi connectivity index (χ0v) is 19.9. The van der Waals surface area contributed by atoms with Gasteiger partial charge in [-0.1, -0.05) is 11.6 Å². The summed E-state index contributed by atoms with van der Waals surface area (Å²) in [5.74, 6) is -7.10. The molecule has 2 aliphatic carbocycles. The van der Waals surface area contributed by atoms with E-state index in [1.54, 1.807) is 0 Å². The lowest BCUT2D eigenvalue weighted by atomic mass is 9.87. The Labute approximate surface area is 212 Å². The van der Waals surface area contributed by atoms with Crippen LogP contribution in [0.25, 0.3) is 0 Å². The molecule has 0 radical (unpaired) electrons. The minimum atomic E-state index is -4.98. The summed E-state index contributed by atoms with van der Waals surface area (Å²) in [7, 11) is 0. The van der Waals surface area contributed by atoms with Gasteiger partial charge in [0, 0.05) is 42.0 Å². The van der Waals surface area contributed by atoms with Gasteiger partial charge in [-0.05, 0) is 49.9 Å². The molecule has 2 aromatic rings. The lowest BCUT2D eigenvalue weighted by molar-refractivity contribution is -0.274. The molecule has 37 heavy (non-hydrogen) atoms. The number of hydrogen-bond donors (Lipinski definition) is 1. The van der Waals surface area contributed by atoms with Gasteiger partial charge in [-0.3, -0.25) is 14.5 Å². The average molecular weight is 551 g/mol. The number of hydrogen-bond acceptors (Lipinski definition) is 5. The van der Waals surface area contributed by atoms with Crippen molar-refractivity contribution in [3.63, 3.8) is 0 Å². The highest BCUT2D eigenvalue weighted by Crippen LogP contribution is 2.53. The maximum atomic E-state index is 14.2. The van der Waals surface area contributed by atoms with Crippen LogP contribution in [0.5, 0.6) is 5.75 Å². The van der Waals surface area contributed by atoms with E-state index < -0.39 is 65.3 Å². The molecule has 2 aliphatic rings. The molecule has 4 rings (SSSR count). The number of nitrogens with one attached hydrogen (secondary N) is 1. The molecule has 1 aromatic carbocycles. The highest BCUT2D eigenvalue weighted by Gasteiger charge is 2.58. The van der Waals surface area contributed by atoms with Crippen LogP contribution in [-0.4, -0.2) is 45.7 Å². The number of nitrogens with zero attached hydrogens (tertiary/aromatic N) is 3. The molecule has 2 bridgehead atoms. The molecule has 2 fully saturated rings. The summed E-state index contributed by atoms with van der Waals surface area (Å²) in [6, 6.07) is 3.17. The molecule has 1 unspecified atom stereocenters. The van der Waals surface area contributed by atoms with E-state index in [0.717, 1.165) is 30.6 Å². The summed E-state index contributed by atoms with van der Waals surface area (Å²) in [5.41, 5.74) is -4.89. The van der Waals surface area contributed by atoms with Crippen molar-refractivity contribution in [1.82, 2.24) is 15.3 Å². The van der Waals surface area contributed by atoms with E-state index in [2.05, 4.69) is 20.0 Å². The summed E-state index contributed by atoms with van der Waals surface area (Å²) in [4.78, 5) is 35.2. The van der Waals surface area contributed by atoms with E-state index >= 15 is 0 Å². The van der Waals surface area contributed by atoms with Gasteiger partial charge in [0.25, 0.3) is 23.4 Å². The molecular weight excluding hydrogens is 530 g/mol. The van der Waals surface area contributed by atoms with Gasteiger partial charge in [-0.25, -0.2) is 23.1 Å². The van der Waals surface area contributed by atoms with Crippen molar-refractivity contribution >= 4 is 29.1 Å². The minimum Gasteiger partial charge on any atom is -0.406 e. The molecule has 1 N–H and O–H groups in total. The fraction of sp³-hybridized carbons (Fsp3) is 0.478. The monoisotopic (exact) mass is 550 g/mol. The highest BCUT2D eigenvalue weighted by molar-refractivity contribution is 6.32. The van der Waals surface area contributed by atoms with Crippen LogP contribution in [0.1, 0.15) is 31.7 Å². The van der Waals surface area contributed by atoms with Crippen molar-refractivity contribution in [2.45, 2.75) is 55.7 Å². The summed E-state index contributed by atoms with van der Waals surface area (Å²) < 4.78 is 83.8. The number of carbonyl (C=O) groups excluding carboxylic acids is 2. The summed E-state index contributed by atoms with van der Waals surface area (Å²) >= 11 is 5.46. The lowest BCUT2D eigenvalue weighted by Gasteiger charge is -2.41. The van der Waals surface area contributed by atoms with E-state index in [-0.39, 0.29) is 24.1 Å². The van der Waals surface area contributed by atoms with Crippen molar-refractivity contribution in [2.24, 2.45) is 11.8 Å². The number of fused-ring (bicyclic) bond motifs is 2. The predicted molar refractivity (Wildman–Crippen MR) is 118 cm³/mol. The molecule has 7 nitrogen and oxygen atoms in total. The Morgan fingerprint density at radius 2 is 1.78 bits per heavy atom. The second-order valence-electron chi connectivity index (χ2n) is 9.19. The number of aromatic nitrogens is 2. The average Bonchev–Trinajstić information content (AvgIpc) is 3.35. The molecule has 0 saturated heterocycles. The topological polar surface area (TPSA) is 84.4 Å². The second-order valence-corrected chi connectivity index (χ2v) is 9.57. The second kappa shape index (κ2) is 9.66. The summed E-state index contributed by atoms with van der Waals surface area (Å²) in [6.07, 6.45) is -1.59. The Bertz CT molecular complexity index is 1150. The van der Waals surface area contributed by atoms with Gasteiger partial charge in [0.05, 0.1) is 0 Å². The van der Waals surface area contributed by atoms with Crippen molar-refractivity contribution in [3.05, 3.63) is 48.5 Å². The molecule has 2 amide bonds. The smallest absolute Gasteiger partial charge is 0.406 e. The van der Waals surface area contributed by atoms with Gasteiger partial charge in [0.2, 0.25) is 0 Å². The summed E-state index contributed by atoms with van der Waals surface area (Å²) in [6.45, 7) is 1.25. The fourth-order valence-corrected chi connectivity index (χ4v) is 5.21. The number of ether oxygens (including phenoxy) is 1. The van der Waals surface area contributed by atoms with Crippen molar-refractivity contribution in [2.75, 3.05) is 4.90 Å². The highest BCUT2D eigenvalue weighted by atomic mass is 35.5. The van der Waals surface area contributed by atoms with Gasteiger partial charge in [-0.15, -0.1) is 13.2 Å². The number of carbonyl (C=O) groups is 2. The lowest BCUT2D eigenvalue weighted by Crippen LogP contribution is -2.60. The van der Waals surface area contributed by atoms with Crippen LogP contribution in [0.15, 0.2) is 43.0 Å². The molecular formula is C23H21ClF6N4O3. The quantitative estimate of drug-likeness (QED) is 0.399. The Morgan fingerprint density at radius 1 is 1.16 bits per heavy atom. The first kappa shape index (κ1) is 27.0. The van der Waals surface area contributed by atoms with Gasteiger partial charge in [-0.2, -0.15) is 0 Å². The van der Waals surface area contributed by atoms with Crippen LogP contribution >= 0.6 is 11.6 Å². The summed E-state index contributed by atoms with van der Waals surface area (Å²) in [5, 5.41) is 2.71. The molecule has 5 atom stereocenters. The third-order valence-corrected chi connectivity index (χ3v) is 7.08. The zero-order chi connectivity index (χ0) is 27.2. The van der Waals surface area contributed by atoms with Gasteiger partial charge in [0.1, 0.15) is 12.1 Å². The maximum Gasteiger partial charge on any atom is 0.573 e. The Hall–Kier alpha value is -3.09. The molecule has 1 aromatic heterocycles. The van der Waals surface area contributed by atoms with Crippen molar-refractivity contribution in [3.8, 4) is 5.75 Å². The van der Waals surface area contributed by atoms with Gasteiger partial charge in [0.15, 0.2) is 5.54 Å². The number of benzene rings is 1. The number of alkyl halides is 7. The number of anilines is 1. The zero-order valence-electron chi connectivity index (χ0n) is 19.2. The standard InChI is InChI=1S/C23H21ClF6N4O3/c1-21(14-9-31-11-32-10-14,20(36)33-17-7-13-6-12(17)8-22(13,26)27)34(19(35)18(24)25)15-2-4-16(5-3-15)37-23(28,29)30/h2-5,9-13,17-18H,6-8H2,1H3,(H,33,36)/t12?,13-,17-,18-,21-/m0/s1. The van der Waals surface area contributed by atoms with Crippen LogP contribution in [0.3, 0.4) is 0 Å². The predicted octanol–water partition coefficient (Wildman–Crippen LogP) is 4.71. The minimum absolute atomic E-state index is 0.0160. The Balaban J connectivity index is 1.73. The van der Waals surface area contributed by atoms with Crippen LogP contribution in [0.2, 0.25) is 0 Å². The molecule has 0 spiro atoms. The SMILES string of the molecule is C[C@@](C(=O)N[C@H]1C[C@@H]2CC1CC2(F)F)(c1cncnc1)N(C(=O)[C@H](F)Cl)c1ccc(OC(F)(F)F)cc1. The number of rotatable bonds is 7. The first-order valence-corrected chi connectivity index (χ1v) is 11.6. The Kier molecular flexibility index (Phi) is 7.04. The normalized spacial score (nSPS) is 24.7. The van der Waals surface area contributed by atoms with Crippen LogP contribution in [0, 0.1) is 11.8 Å². The number of halogens is 7. The van der Waals surface area contributed by atoms with Crippen LogP contribution < -0.4 is 15.0 Å².